The number of hydrogen-bond acceptors (Lipinski definition) is 5. The molecule has 0 spiro atoms. The van der Waals surface area contributed by atoms with Gasteiger partial charge in [-0.1, -0.05) is 23.2 Å². The van der Waals surface area contributed by atoms with E-state index in [2.05, 4.69) is 30.6 Å². The Balaban J connectivity index is 2.48. The monoisotopic (exact) mass is 430 g/mol. The average Bonchev–Trinajstić information content (AvgIpc) is 2.31. The fourth-order valence-electron chi connectivity index (χ4n) is 1.41. The van der Waals surface area contributed by atoms with E-state index in [-0.39, 0.29) is 36.3 Å². The molecule has 11 heteroatoms. The summed E-state index contributed by atoms with van der Waals surface area (Å²) in [5, 5.41) is -0.0166. The number of nitrogen functional groups attached to an aromatic ring is 1. The Hall–Kier alpha value is -0.800. The molecule has 1 aromatic heterocycles. The smallest absolute Gasteiger partial charge is 0.264 e. The van der Waals surface area contributed by atoms with E-state index >= 15 is 0 Å². The minimum Gasteiger partial charge on any atom is -0.398 e. The maximum absolute atomic E-state index is 12.3. The Kier molecular flexibility index (Phi) is 4.84. The van der Waals surface area contributed by atoms with E-state index in [1.807, 2.05) is 0 Å². The van der Waals surface area contributed by atoms with Crippen LogP contribution >= 0.6 is 50.7 Å². The lowest BCUT2D eigenvalue weighted by Gasteiger charge is -2.11. The number of nitrogens with one attached hydrogen (secondary N) is 1. The lowest BCUT2D eigenvalue weighted by atomic mass is 10.3. The molecule has 0 saturated heterocycles. The molecule has 3 N–H and O–H groups in total. The van der Waals surface area contributed by atoms with Gasteiger partial charge in [0.1, 0.15) is 15.9 Å². The van der Waals surface area contributed by atoms with Crippen molar-refractivity contribution in [1.82, 2.24) is 9.97 Å². The zero-order chi connectivity index (χ0) is 15.8. The van der Waals surface area contributed by atoms with Gasteiger partial charge in [-0.2, -0.15) is 4.98 Å². The van der Waals surface area contributed by atoms with Gasteiger partial charge in [0.15, 0.2) is 0 Å². The minimum absolute atomic E-state index is 0.00243. The maximum atomic E-state index is 12.3. The van der Waals surface area contributed by atoms with E-state index < -0.39 is 10.0 Å². The second-order valence-corrected chi connectivity index (χ2v) is 7.36. The number of hydrogen-bond donors (Lipinski definition) is 2. The molecule has 0 unspecified atom stereocenters. The summed E-state index contributed by atoms with van der Waals surface area (Å²) in [6, 6.07) is 3.88. The molecule has 1 aromatic carbocycles. The van der Waals surface area contributed by atoms with Gasteiger partial charge in [-0.15, -0.1) is 0 Å². The number of rotatable bonds is 3. The summed E-state index contributed by atoms with van der Waals surface area (Å²) in [6.07, 6.45) is 0. The van der Waals surface area contributed by atoms with Gasteiger partial charge >= 0.3 is 0 Å². The average molecular weight is 433 g/mol. The Morgan fingerprint density at radius 2 is 1.81 bits per heavy atom. The van der Waals surface area contributed by atoms with Crippen LogP contribution in [-0.4, -0.2) is 18.4 Å². The van der Waals surface area contributed by atoms with Crippen molar-refractivity contribution in [2.75, 3.05) is 10.5 Å². The van der Waals surface area contributed by atoms with Crippen molar-refractivity contribution in [3.05, 3.63) is 38.1 Å². The van der Waals surface area contributed by atoms with Crippen LogP contribution in [0.15, 0.2) is 27.6 Å². The summed E-state index contributed by atoms with van der Waals surface area (Å²) in [5.41, 5.74) is 5.85. The summed E-state index contributed by atoms with van der Waals surface area (Å²) in [4.78, 5) is 7.20. The second kappa shape index (κ2) is 6.13. The Morgan fingerprint density at radius 1 is 1.14 bits per heavy atom. The summed E-state index contributed by atoms with van der Waals surface area (Å²) >= 11 is 20.2. The van der Waals surface area contributed by atoms with Crippen molar-refractivity contribution in [3.63, 3.8) is 0 Å². The van der Waals surface area contributed by atoms with Crippen LogP contribution in [0.25, 0.3) is 0 Å². The van der Waals surface area contributed by atoms with Crippen LogP contribution in [-0.2, 0) is 10.0 Å². The molecule has 6 nitrogen and oxygen atoms in total. The molecule has 0 saturated carbocycles. The van der Waals surface area contributed by atoms with Gasteiger partial charge in [0.25, 0.3) is 10.0 Å². The highest BCUT2D eigenvalue weighted by molar-refractivity contribution is 9.10. The topological polar surface area (TPSA) is 98.0 Å². The van der Waals surface area contributed by atoms with Crippen LogP contribution in [0.2, 0.25) is 15.5 Å². The van der Waals surface area contributed by atoms with Gasteiger partial charge in [-0.05, 0) is 39.7 Å². The van der Waals surface area contributed by atoms with Crippen LogP contribution in [0.3, 0.4) is 0 Å². The fraction of sp³-hybridized carbons (Fsp3) is 0. The second-order valence-electron chi connectivity index (χ2n) is 3.76. The van der Waals surface area contributed by atoms with E-state index in [4.69, 9.17) is 40.5 Å². The van der Waals surface area contributed by atoms with E-state index in [0.717, 1.165) is 0 Å². The molecule has 0 atom stereocenters. The number of halogens is 4. The molecule has 0 aliphatic carbocycles. The van der Waals surface area contributed by atoms with Crippen LogP contribution in [0, 0.1) is 0 Å². The van der Waals surface area contributed by atoms with Crippen molar-refractivity contribution in [2.45, 2.75) is 4.90 Å². The predicted octanol–water partition coefficient (Wildman–Crippen LogP) is 3.58. The molecule has 0 bridgehead atoms. The van der Waals surface area contributed by atoms with Crippen molar-refractivity contribution < 1.29 is 8.42 Å². The zero-order valence-electron chi connectivity index (χ0n) is 9.94. The SMILES string of the molecule is Nc1cc(Cl)cc(S(=O)(=O)Nc2cc(Cl)nc(Cl)n2)c1Br. The quantitative estimate of drug-likeness (QED) is 0.439. The third-order valence-electron chi connectivity index (χ3n) is 2.23. The number of aromatic nitrogens is 2. The van der Waals surface area contributed by atoms with Crippen molar-refractivity contribution in [1.29, 1.82) is 0 Å². The highest BCUT2D eigenvalue weighted by atomic mass is 79.9. The first-order chi connectivity index (χ1) is 9.69. The minimum atomic E-state index is -3.99. The zero-order valence-corrected chi connectivity index (χ0v) is 14.6. The lowest BCUT2D eigenvalue weighted by Crippen LogP contribution is -2.15. The molecule has 2 aromatic rings. The molecular formula is C10H6BrCl3N4O2S. The van der Waals surface area contributed by atoms with E-state index in [0.29, 0.717) is 0 Å². The highest BCUT2D eigenvalue weighted by Crippen LogP contribution is 2.32. The molecule has 2 rings (SSSR count). The molecule has 0 aliphatic rings. The van der Waals surface area contributed by atoms with Gasteiger partial charge in [0.2, 0.25) is 5.28 Å². The van der Waals surface area contributed by atoms with E-state index in [1.165, 1.54) is 18.2 Å². The first kappa shape index (κ1) is 16.6. The largest absolute Gasteiger partial charge is 0.398 e. The first-order valence-electron chi connectivity index (χ1n) is 5.16. The van der Waals surface area contributed by atoms with Gasteiger partial charge < -0.3 is 5.73 Å². The molecule has 0 fully saturated rings. The molecular weight excluding hydrogens is 426 g/mol. The number of anilines is 2. The van der Waals surface area contributed by atoms with E-state index in [1.54, 1.807) is 0 Å². The first-order valence-corrected chi connectivity index (χ1v) is 8.57. The van der Waals surface area contributed by atoms with Crippen molar-refractivity contribution in [3.8, 4) is 0 Å². The fourth-order valence-corrected chi connectivity index (χ4v) is 4.11. The molecule has 1 heterocycles. The third kappa shape index (κ3) is 3.89. The van der Waals surface area contributed by atoms with Gasteiger partial charge in [-0.25, -0.2) is 13.4 Å². The lowest BCUT2D eigenvalue weighted by molar-refractivity contribution is 0.600. The molecule has 21 heavy (non-hydrogen) atoms. The Labute approximate surface area is 143 Å². The van der Waals surface area contributed by atoms with Crippen molar-refractivity contribution >= 4 is 72.3 Å². The number of nitrogens with zero attached hydrogens (tertiary/aromatic N) is 2. The number of sulfonamides is 1. The van der Waals surface area contributed by atoms with Crippen LogP contribution in [0.5, 0.6) is 0 Å². The highest BCUT2D eigenvalue weighted by Gasteiger charge is 2.21. The Bertz CT molecular complexity index is 796. The molecule has 0 amide bonds. The van der Waals surface area contributed by atoms with Gasteiger partial charge in [0, 0.05) is 16.8 Å². The predicted molar refractivity (Wildman–Crippen MR) is 86.4 cm³/mol. The van der Waals surface area contributed by atoms with E-state index in [9.17, 15) is 8.42 Å². The maximum Gasteiger partial charge on any atom is 0.264 e. The van der Waals surface area contributed by atoms with Crippen LogP contribution in [0.4, 0.5) is 11.5 Å². The summed E-state index contributed by atoms with van der Waals surface area (Å²) < 4.78 is 27.1. The van der Waals surface area contributed by atoms with Crippen LogP contribution in [0.1, 0.15) is 0 Å². The summed E-state index contributed by atoms with van der Waals surface area (Å²) in [6.45, 7) is 0. The Morgan fingerprint density at radius 3 is 2.43 bits per heavy atom. The number of benzene rings is 1. The van der Waals surface area contributed by atoms with Crippen LogP contribution < -0.4 is 10.5 Å². The summed E-state index contributed by atoms with van der Waals surface area (Å²) in [7, 11) is -3.99. The molecule has 0 aliphatic heterocycles. The normalized spacial score (nSPS) is 11.4. The molecule has 0 radical (unpaired) electrons. The third-order valence-corrected chi connectivity index (χ3v) is 5.34. The summed E-state index contributed by atoms with van der Waals surface area (Å²) in [5.74, 6) is -0.0783. The van der Waals surface area contributed by atoms with Crippen molar-refractivity contribution in [2.24, 2.45) is 0 Å². The standard InChI is InChI=1S/C10H6BrCl3N4O2S/c11-9-5(15)1-4(12)2-6(9)21(19,20)18-8-3-7(13)16-10(14)17-8/h1-3H,15H2,(H,16,17,18). The van der Waals surface area contributed by atoms with Gasteiger partial charge in [-0.3, -0.25) is 4.72 Å². The number of nitrogens with two attached hydrogens (primary N) is 1. The molecule has 112 valence electrons. The van der Waals surface area contributed by atoms with Gasteiger partial charge in [0.05, 0.1) is 4.47 Å².